The van der Waals surface area contributed by atoms with Crippen molar-refractivity contribution >= 4 is 32.7 Å². The summed E-state index contributed by atoms with van der Waals surface area (Å²) in [6.45, 7) is 5.36. The van der Waals surface area contributed by atoms with Gasteiger partial charge in [-0.05, 0) is 82.0 Å². The van der Waals surface area contributed by atoms with E-state index >= 15 is 0 Å². The number of amides is 1. The first-order valence-corrected chi connectivity index (χ1v) is 15.0. The first kappa shape index (κ1) is 30.7. The molecule has 1 aliphatic rings. The fourth-order valence-corrected chi connectivity index (χ4v) is 7.34. The summed E-state index contributed by atoms with van der Waals surface area (Å²) in [5, 5.41) is 31.6. The number of para-hydroxylation sites is 1. The zero-order valence-electron chi connectivity index (χ0n) is 23.6. The van der Waals surface area contributed by atoms with Crippen molar-refractivity contribution in [3.05, 3.63) is 80.6 Å². The van der Waals surface area contributed by atoms with Crippen LogP contribution >= 0.6 is 0 Å². The molecular formula is C29H33N5O7S. The highest BCUT2D eigenvalue weighted by Gasteiger charge is 2.39. The standard InChI is InChI=1S/C29H33N5O7S/c1-29(2,3)33(28(36)37)22-13-10-20(11-14-22)23(31-42(40,41)26-7-5-4-6-24(26)34(38)39)18-32-25-16-19(17-30)8-9-21(25)12-15-27(32)35/h4-9,12,15-16,20,22-23,31H,10-11,13-14,18H2,1-3H3,(H,36,37). The summed E-state index contributed by atoms with van der Waals surface area (Å²) in [6.07, 6.45) is 0.826. The molecule has 0 radical (unpaired) electrons. The van der Waals surface area contributed by atoms with Crippen LogP contribution in [0.3, 0.4) is 0 Å². The molecule has 1 heterocycles. The highest BCUT2D eigenvalue weighted by atomic mass is 32.2. The van der Waals surface area contributed by atoms with Crippen LogP contribution in [0.2, 0.25) is 0 Å². The van der Waals surface area contributed by atoms with E-state index in [2.05, 4.69) is 10.8 Å². The maximum Gasteiger partial charge on any atom is 0.407 e. The van der Waals surface area contributed by atoms with Crippen molar-refractivity contribution in [3.63, 3.8) is 0 Å². The van der Waals surface area contributed by atoms with Crippen molar-refractivity contribution in [1.82, 2.24) is 14.2 Å². The lowest BCUT2D eigenvalue weighted by atomic mass is 9.80. The van der Waals surface area contributed by atoms with Gasteiger partial charge in [-0.3, -0.25) is 14.9 Å². The van der Waals surface area contributed by atoms with Crippen LogP contribution in [-0.2, 0) is 16.6 Å². The Hall–Kier alpha value is -4.28. The number of aromatic nitrogens is 1. The summed E-state index contributed by atoms with van der Waals surface area (Å²) in [7, 11) is -4.41. The zero-order chi connectivity index (χ0) is 30.8. The van der Waals surface area contributed by atoms with Gasteiger partial charge in [-0.1, -0.05) is 18.2 Å². The summed E-state index contributed by atoms with van der Waals surface area (Å²) in [6, 6.07) is 13.8. The number of hydrogen-bond donors (Lipinski definition) is 2. The fraction of sp³-hybridized carbons (Fsp3) is 0.414. The van der Waals surface area contributed by atoms with E-state index in [1.165, 1.54) is 27.7 Å². The van der Waals surface area contributed by atoms with Crippen LogP contribution < -0.4 is 10.3 Å². The molecule has 0 bridgehead atoms. The zero-order valence-corrected chi connectivity index (χ0v) is 24.4. The third kappa shape index (κ3) is 6.45. The van der Waals surface area contributed by atoms with Gasteiger partial charge >= 0.3 is 6.09 Å². The Balaban J connectivity index is 1.74. The van der Waals surface area contributed by atoms with Gasteiger partial charge in [0.15, 0.2) is 4.90 Å². The largest absolute Gasteiger partial charge is 0.465 e. The molecule has 0 aliphatic heterocycles. The fourth-order valence-electron chi connectivity index (χ4n) is 5.88. The number of carboxylic acid groups (broad SMARTS) is 1. The van der Waals surface area contributed by atoms with Crippen molar-refractivity contribution in [1.29, 1.82) is 5.26 Å². The molecule has 222 valence electrons. The summed E-state index contributed by atoms with van der Waals surface area (Å²) in [5.41, 5.74) is -0.822. The molecule has 12 nitrogen and oxygen atoms in total. The number of nitriles is 1. The summed E-state index contributed by atoms with van der Waals surface area (Å²) < 4.78 is 31.3. The number of nitro groups is 1. The number of benzene rings is 2. The first-order valence-electron chi connectivity index (χ1n) is 13.5. The molecular weight excluding hydrogens is 562 g/mol. The normalized spacial score (nSPS) is 18.2. The van der Waals surface area contributed by atoms with Crippen molar-refractivity contribution in [3.8, 4) is 6.07 Å². The van der Waals surface area contributed by atoms with Crippen LogP contribution in [0.4, 0.5) is 10.5 Å². The van der Waals surface area contributed by atoms with E-state index in [1.54, 1.807) is 24.3 Å². The molecule has 13 heteroatoms. The molecule has 1 amide bonds. The number of pyridine rings is 1. The second kappa shape index (κ2) is 11.9. The van der Waals surface area contributed by atoms with Crippen molar-refractivity contribution in [2.45, 2.75) is 75.5 Å². The minimum Gasteiger partial charge on any atom is -0.465 e. The Morgan fingerprint density at radius 3 is 2.40 bits per heavy atom. The molecule has 3 aromatic rings. The molecule has 1 unspecified atom stereocenters. The minimum atomic E-state index is -4.41. The maximum atomic E-state index is 13.6. The number of nitrogens with one attached hydrogen (secondary N) is 1. The Morgan fingerprint density at radius 2 is 1.81 bits per heavy atom. The Morgan fingerprint density at radius 1 is 1.17 bits per heavy atom. The van der Waals surface area contributed by atoms with Gasteiger partial charge in [0.2, 0.25) is 10.0 Å². The van der Waals surface area contributed by atoms with Crippen LogP contribution in [0.1, 0.15) is 52.0 Å². The van der Waals surface area contributed by atoms with E-state index in [0.29, 0.717) is 42.1 Å². The SMILES string of the molecule is CC(C)(C)N(C(=O)O)C1CCC(C(Cn2c(=O)ccc3ccc(C#N)cc32)NS(=O)(=O)c2ccccc2[N+](=O)[O-])CC1. The quantitative estimate of drug-likeness (QED) is 0.283. The van der Waals surface area contributed by atoms with Crippen molar-refractivity contribution in [2.75, 3.05) is 0 Å². The average Bonchev–Trinajstić information content (AvgIpc) is 2.93. The molecule has 1 atom stereocenters. The molecule has 42 heavy (non-hydrogen) atoms. The van der Waals surface area contributed by atoms with Crippen molar-refractivity contribution < 1.29 is 23.2 Å². The highest BCUT2D eigenvalue weighted by Crippen LogP contribution is 2.34. The minimum absolute atomic E-state index is 0.0951. The molecule has 2 N–H and O–H groups in total. The molecule has 1 aliphatic carbocycles. The van der Waals surface area contributed by atoms with Crippen molar-refractivity contribution in [2.24, 2.45) is 5.92 Å². The van der Waals surface area contributed by atoms with Crippen LogP contribution in [0, 0.1) is 27.4 Å². The van der Waals surface area contributed by atoms with E-state index in [-0.39, 0.29) is 18.5 Å². The average molecular weight is 596 g/mol. The van der Waals surface area contributed by atoms with E-state index in [9.17, 15) is 38.5 Å². The number of rotatable bonds is 8. The predicted octanol–water partition coefficient (Wildman–Crippen LogP) is 4.47. The number of sulfonamides is 1. The lowest BCUT2D eigenvalue weighted by Crippen LogP contribution is -2.53. The lowest BCUT2D eigenvalue weighted by molar-refractivity contribution is -0.387. The number of nitrogens with zero attached hydrogens (tertiary/aromatic N) is 4. The Kier molecular flexibility index (Phi) is 8.70. The van der Waals surface area contributed by atoms with E-state index in [0.717, 1.165) is 12.1 Å². The predicted molar refractivity (Wildman–Crippen MR) is 155 cm³/mol. The Labute approximate surface area is 243 Å². The first-order chi connectivity index (χ1) is 19.7. The van der Waals surface area contributed by atoms with Gasteiger partial charge in [0.05, 0.1) is 22.1 Å². The number of fused-ring (bicyclic) bond motifs is 1. The molecule has 0 spiro atoms. The topological polar surface area (TPSA) is 176 Å². The molecule has 2 aromatic carbocycles. The molecule has 1 saturated carbocycles. The van der Waals surface area contributed by atoms with Gasteiger partial charge in [-0.2, -0.15) is 5.26 Å². The van der Waals surface area contributed by atoms with Gasteiger partial charge in [0.1, 0.15) is 0 Å². The second-order valence-electron chi connectivity index (χ2n) is 11.5. The molecule has 1 fully saturated rings. The van der Waals surface area contributed by atoms with E-state index in [1.807, 2.05) is 20.8 Å². The van der Waals surface area contributed by atoms with E-state index in [4.69, 9.17) is 0 Å². The third-order valence-corrected chi connectivity index (χ3v) is 9.30. The van der Waals surface area contributed by atoms with E-state index < -0.39 is 48.8 Å². The summed E-state index contributed by atoms with van der Waals surface area (Å²) in [4.78, 5) is 37.0. The Bertz CT molecular complexity index is 1710. The van der Waals surface area contributed by atoms with Gasteiger partial charge in [0.25, 0.3) is 11.2 Å². The third-order valence-electron chi connectivity index (χ3n) is 7.76. The second-order valence-corrected chi connectivity index (χ2v) is 13.2. The summed E-state index contributed by atoms with van der Waals surface area (Å²) in [5.74, 6) is -0.310. The number of nitro benzene ring substituents is 1. The lowest BCUT2D eigenvalue weighted by Gasteiger charge is -2.43. The molecule has 4 rings (SSSR count). The maximum absolute atomic E-state index is 13.6. The highest BCUT2D eigenvalue weighted by molar-refractivity contribution is 7.89. The van der Waals surface area contributed by atoms with Gasteiger partial charge in [0, 0.05) is 36.3 Å². The number of carbonyl (C=O) groups is 1. The van der Waals surface area contributed by atoms with Crippen LogP contribution in [-0.4, -0.2) is 51.6 Å². The molecule has 1 aromatic heterocycles. The van der Waals surface area contributed by atoms with Gasteiger partial charge in [-0.15, -0.1) is 0 Å². The van der Waals surface area contributed by atoms with Crippen LogP contribution in [0.15, 0.2) is 64.3 Å². The van der Waals surface area contributed by atoms with Crippen LogP contribution in [0.25, 0.3) is 10.9 Å². The number of hydrogen-bond acceptors (Lipinski definition) is 7. The van der Waals surface area contributed by atoms with Gasteiger partial charge < -0.3 is 14.6 Å². The monoisotopic (exact) mass is 595 g/mol. The molecule has 0 saturated heterocycles. The summed E-state index contributed by atoms with van der Waals surface area (Å²) >= 11 is 0. The smallest absolute Gasteiger partial charge is 0.407 e. The van der Waals surface area contributed by atoms with Gasteiger partial charge in [-0.25, -0.2) is 17.9 Å². The van der Waals surface area contributed by atoms with Crippen LogP contribution in [0.5, 0.6) is 0 Å².